The number of piperazine rings is 1. The summed E-state index contributed by atoms with van der Waals surface area (Å²) in [7, 11) is -5.69. The van der Waals surface area contributed by atoms with E-state index in [1.54, 1.807) is 42.6 Å². The number of sulfonamides is 2. The number of nitrogens with one attached hydrogen (secondary N) is 1. The molecule has 1 saturated heterocycles. The Bertz CT molecular complexity index is 1200. The first-order chi connectivity index (χ1) is 14.9. The molecular formula is C20H29N5O5S2. The van der Waals surface area contributed by atoms with Crippen LogP contribution in [0.3, 0.4) is 0 Å². The summed E-state index contributed by atoms with van der Waals surface area (Å²) in [5.41, 5.74) is 1.97. The predicted molar refractivity (Wildman–Crippen MR) is 119 cm³/mol. The SMILES string of the molecule is Cc1ccc(S(=O)(=O)NCCC(=O)N2CCN(S(=O)(=O)c3c(C)nn(C)c3C)CC2)cc1. The van der Waals surface area contributed by atoms with E-state index < -0.39 is 20.0 Å². The second-order valence-electron chi connectivity index (χ2n) is 7.87. The van der Waals surface area contributed by atoms with Crippen molar-refractivity contribution in [2.45, 2.75) is 37.0 Å². The molecule has 2 aromatic rings. The van der Waals surface area contributed by atoms with Crippen LogP contribution in [0.2, 0.25) is 0 Å². The first-order valence-corrected chi connectivity index (χ1v) is 13.2. The van der Waals surface area contributed by atoms with Crippen molar-refractivity contribution >= 4 is 26.0 Å². The number of nitrogens with zero attached hydrogens (tertiary/aromatic N) is 4. The number of benzene rings is 1. The summed E-state index contributed by atoms with van der Waals surface area (Å²) in [6, 6.07) is 6.46. The van der Waals surface area contributed by atoms with Gasteiger partial charge >= 0.3 is 0 Å². The van der Waals surface area contributed by atoms with Crippen molar-refractivity contribution in [1.82, 2.24) is 23.7 Å². The lowest BCUT2D eigenvalue weighted by Crippen LogP contribution is -2.51. The maximum atomic E-state index is 13.0. The Kier molecular flexibility index (Phi) is 7.08. The Labute approximate surface area is 189 Å². The van der Waals surface area contributed by atoms with Gasteiger partial charge in [0.1, 0.15) is 4.90 Å². The van der Waals surface area contributed by atoms with Gasteiger partial charge < -0.3 is 4.90 Å². The van der Waals surface area contributed by atoms with Crippen molar-refractivity contribution in [1.29, 1.82) is 0 Å². The Balaban J connectivity index is 1.54. The molecule has 0 radical (unpaired) electrons. The van der Waals surface area contributed by atoms with Gasteiger partial charge in [0.15, 0.2) is 0 Å². The van der Waals surface area contributed by atoms with Gasteiger partial charge in [0.25, 0.3) is 0 Å². The largest absolute Gasteiger partial charge is 0.340 e. The van der Waals surface area contributed by atoms with Gasteiger partial charge in [0, 0.05) is 46.2 Å². The maximum absolute atomic E-state index is 13.0. The minimum Gasteiger partial charge on any atom is -0.340 e. The summed E-state index contributed by atoms with van der Waals surface area (Å²) in [5.74, 6) is -0.220. The number of carbonyl (C=O) groups is 1. The lowest BCUT2D eigenvalue weighted by Gasteiger charge is -2.34. The van der Waals surface area contributed by atoms with Crippen LogP contribution in [-0.4, -0.2) is 74.5 Å². The molecule has 1 aliphatic rings. The fraction of sp³-hybridized carbons (Fsp3) is 0.500. The molecule has 0 spiro atoms. The number of aryl methyl sites for hydroxylation is 3. The van der Waals surface area contributed by atoms with Crippen LogP contribution in [0.1, 0.15) is 23.4 Å². The quantitative estimate of drug-likeness (QED) is 0.614. The van der Waals surface area contributed by atoms with Crippen molar-refractivity contribution in [2.24, 2.45) is 7.05 Å². The molecule has 1 fully saturated rings. The number of aromatic nitrogens is 2. The Hall–Kier alpha value is -2.28. The van der Waals surface area contributed by atoms with Crippen molar-refractivity contribution < 1.29 is 21.6 Å². The molecule has 1 amide bonds. The third-order valence-corrected chi connectivity index (χ3v) is 9.22. The smallest absolute Gasteiger partial charge is 0.246 e. The third-order valence-electron chi connectivity index (χ3n) is 5.59. The van der Waals surface area contributed by atoms with Gasteiger partial charge in [-0.15, -0.1) is 0 Å². The average molecular weight is 484 g/mol. The molecule has 2 heterocycles. The maximum Gasteiger partial charge on any atom is 0.246 e. The van der Waals surface area contributed by atoms with E-state index in [-0.39, 0.29) is 54.8 Å². The molecule has 3 rings (SSSR count). The van der Waals surface area contributed by atoms with Gasteiger partial charge in [-0.1, -0.05) is 17.7 Å². The Morgan fingerprint density at radius 3 is 2.12 bits per heavy atom. The number of rotatable bonds is 7. The summed E-state index contributed by atoms with van der Waals surface area (Å²) >= 11 is 0. The van der Waals surface area contributed by atoms with Crippen LogP contribution < -0.4 is 4.72 Å². The number of amides is 1. The minimum atomic E-state index is -3.70. The predicted octanol–water partition coefficient (Wildman–Crippen LogP) is 0.547. The molecular weight excluding hydrogens is 454 g/mol. The van der Waals surface area contributed by atoms with Crippen LogP contribution in [0, 0.1) is 20.8 Å². The van der Waals surface area contributed by atoms with Gasteiger partial charge in [0.05, 0.1) is 16.3 Å². The second-order valence-corrected chi connectivity index (χ2v) is 11.5. The first kappa shape index (κ1) is 24.4. The molecule has 0 bridgehead atoms. The van der Waals surface area contributed by atoms with Gasteiger partial charge in [-0.3, -0.25) is 9.48 Å². The summed E-state index contributed by atoms with van der Waals surface area (Å²) in [6.45, 7) is 6.08. The highest BCUT2D eigenvalue weighted by Crippen LogP contribution is 2.24. The normalized spacial score (nSPS) is 15.8. The molecule has 10 nitrogen and oxygen atoms in total. The third kappa shape index (κ3) is 5.03. The summed E-state index contributed by atoms with van der Waals surface area (Å²) < 4.78 is 56.1. The fourth-order valence-electron chi connectivity index (χ4n) is 3.69. The number of hydrogen-bond donors (Lipinski definition) is 1. The number of carbonyl (C=O) groups excluding carboxylic acids is 1. The minimum absolute atomic E-state index is 0.00133. The molecule has 0 unspecified atom stereocenters. The van der Waals surface area contributed by atoms with Crippen LogP contribution in [0.4, 0.5) is 0 Å². The highest BCUT2D eigenvalue weighted by atomic mass is 32.2. The zero-order valence-electron chi connectivity index (χ0n) is 18.7. The van der Waals surface area contributed by atoms with Crippen molar-refractivity contribution in [2.75, 3.05) is 32.7 Å². The topological polar surface area (TPSA) is 122 Å². The molecule has 1 N–H and O–H groups in total. The van der Waals surface area contributed by atoms with Crippen LogP contribution in [0.5, 0.6) is 0 Å². The van der Waals surface area contributed by atoms with Crippen LogP contribution in [-0.2, 0) is 31.9 Å². The van der Waals surface area contributed by atoms with E-state index >= 15 is 0 Å². The summed E-state index contributed by atoms with van der Waals surface area (Å²) in [4.78, 5) is 14.4. The molecule has 1 aromatic heterocycles. The standard InChI is InChI=1S/C20H29N5O5S2/c1-15-5-7-18(8-6-15)31(27,28)21-10-9-19(26)24-11-13-25(14-12-24)32(29,30)20-16(2)22-23(4)17(20)3/h5-8,21H,9-14H2,1-4H3. The van der Waals surface area contributed by atoms with Gasteiger partial charge in [-0.25, -0.2) is 21.6 Å². The van der Waals surface area contributed by atoms with Gasteiger partial charge in [0.2, 0.25) is 26.0 Å². The van der Waals surface area contributed by atoms with E-state index in [9.17, 15) is 21.6 Å². The highest BCUT2D eigenvalue weighted by Gasteiger charge is 2.33. The monoisotopic (exact) mass is 483 g/mol. The van der Waals surface area contributed by atoms with Crippen LogP contribution in [0.25, 0.3) is 0 Å². The molecule has 176 valence electrons. The van der Waals surface area contributed by atoms with Gasteiger partial charge in [-0.05, 0) is 32.9 Å². The van der Waals surface area contributed by atoms with E-state index in [0.717, 1.165) is 5.56 Å². The number of hydrogen-bond acceptors (Lipinski definition) is 6. The van der Waals surface area contributed by atoms with Crippen LogP contribution >= 0.6 is 0 Å². The van der Waals surface area contributed by atoms with Crippen molar-refractivity contribution in [3.8, 4) is 0 Å². The second kappa shape index (κ2) is 9.30. The average Bonchev–Trinajstić information content (AvgIpc) is 3.00. The Morgan fingerprint density at radius 1 is 1.00 bits per heavy atom. The molecule has 0 atom stereocenters. The van der Waals surface area contributed by atoms with E-state index in [2.05, 4.69) is 9.82 Å². The zero-order valence-corrected chi connectivity index (χ0v) is 20.3. The fourth-order valence-corrected chi connectivity index (χ4v) is 6.54. The van der Waals surface area contributed by atoms with E-state index in [1.165, 1.54) is 16.4 Å². The summed E-state index contributed by atoms with van der Waals surface area (Å²) in [5, 5.41) is 4.18. The molecule has 0 saturated carbocycles. The lowest BCUT2D eigenvalue weighted by atomic mass is 10.2. The van der Waals surface area contributed by atoms with E-state index in [1.807, 2.05) is 6.92 Å². The first-order valence-electron chi connectivity index (χ1n) is 10.3. The van der Waals surface area contributed by atoms with E-state index in [4.69, 9.17) is 0 Å². The molecule has 12 heteroatoms. The lowest BCUT2D eigenvalue weighted by molar-refractivity contribution is -0.132. The van der Waals surface area contributed by atoms with Gasteiger partial charge in [-0.2, -0.15) is 9.40 Å². The van der Waals surface area contributed by atoms with Crippen molar-refractivity contribution in [3.05, 3.63) is 41.2 Å². The highest BCUT2D eigenvalue weighted by molar-refractivity contribution is 7.89. The Morgan fingerprint density at radius 2 is 1.59 bits per heavy atom. The molecule has 0 aliphatic carbocycles. The van der Waals surface area contributed by atoms with Crippen LogP contribution in [0.15, 0.2) is 34.1 Å². The molecule has 1 aliphatic heterocycles. The zero-order chi connectivity index (χ0) is 23.7. The molecule has 32 heavy (non-hydrogen) atoms. The van der Waals surface area contributed by atoms with E-state index in [0.29, 0.717) is 11.4 Å². The summed E-state index contributed by atoms with van der Waals surface area (Å²) in [6.07, 6.45) is -0.00133. The molecule has 1 aromatic carbocycles. The van der Waals surface area contributed by atoms with Crippen molar-refractivity contribution in [3.63, 3.8) is 0 Å².